The predicted molar refractivity (Wildman–Crippen MR) is 138 cm³/mol. The van der Waals surface area contributed by atoms with E-state index in [1.54, 1.807) is 34.9 Å². The molecule has 3 N–H and O–H groups in total. The van der Waals surface area contributed by atoms with E-state index in [9.17, 15) is 19.5 Å². The van der Waals surface area contributed by atoms with E-state index in [4.69, 9.17) is 4.84 Å². The van der Waals surface area contributed by atoms with Crippen molar-refractivity contribution in [1.29, 1.82) is 0 Å². The normalized spacial score (nSPS) is 14.7. The second-order valence-electron chi connectivity index (χ2n) is 9.26. The standard InChI is InChI=1S/C26H31N5O5/c1-16(2)17(3)27-21-22(25(34)24(21)33)28-19-9-7-8-18(23(19)32)26(35)30-14-12-29(13-15-30)20-10-5-6-11-31(20)36-4/h5-11,16-17H,12-15H2,1-4H3,(H2-,27,28,32,33,34,35)/p+1/t17-/m0/s1. The van der Waals surface area contributed by atoms with E-state index in [2.05, 4.69) is 15.5 Å². The molecule has 0 radical (unpaired) electrons. The number of nitrogens with zero attached hydrogens (tertiary/aromatic N) is 3. The molecule has 3 aromatic rings. The molecule has 36 heavy (non-hydrogen) atoms. The van der Waals surface area contributed by atoms with Crippen LogP contribution in [0.2, 0.25) is 0 Å². The number of rotatable bonds is 8. The molecule has 1 atom stereocenters. The minimum atomic E-state index is -0.657. The molecule has 10 heteroatoms. The van der Waals surface area contributed by atoms with E-state index in [0.29, 0.717) is 26.2 Å². The Balaban J connectivity index is 1.48. The Kier molecular flexibility index (Phi) is 7.14. The van der Waals surface area contributed by atoms with E-state index in [1.807, 2.05) is 45.2 Å². The fourth-order valence-corrected chi connectivity index (χ4v) is 4.12. The number of hydrogen-bond acceptors (Lipinski definition) is 8. The molecule has 1 saturated heterocycles. The monoisotopic (exact) mass is 494 g/mol. The third-order valence-corrected chi connectivity index (χ3v) is 6.70. The number of aromatic nitrogens is 1. The lowest BCUT2D eigenvalue weighted by molar-refractivity contribution is -0.875. The molecule has 0 bridgehead atoms. The fourth-order valence-electron chi connectivity index (χ4n) is 4.12. The van der Waals surface area contributed by atoms with Gasteiger partial charge in [0.05, 0.1) is 24.3 Å². The van der Waals surface area contributed by atoms with Crippen LogP contribution in [-0.4, -0.2) is 55.2 Å². The summed E-state index contributed by atoms with van der Waals surface area (Å²) in [6.45, 7) is 8.07. The summed E-state index contributed by atoms with van der Waals surface area (Å²) in [4.78, 5) is 46.8. The number of hydrogen-bond donors (Lipinski definition) is 3. The lowest BCUT2D eigenvalue weighted by Gasteiger charge is -2.31. The first-order chi connectivity index (χ1) is 17.2. The number of para-hydroxylation sites is 1. The Morgan fingerprint density at radius 3 is 2.36 bits per heavy atom. The van der Waals surface area contributed by atoms with Crippen LogP contribution in [0.1, 0.15) is 31.1 Å². The number of amides is 1. The van der Waals surface area contributed by atoms with Crippen LogP contribution in [0, 0.1) is 5.92 Å². The van der Waals surface area contributed by atoms with Gasteiger partial charge in [0.15, 0.2) is 5.75 Å². The maximum absolute atomic E-state index is 13.3. The minimum Gasteiger partial charge on any atom is -0.505 e. The molecule has 2 aromatic carbocycles. The van der Waals surface area contributed by atoms with Crippen LogP contribution in [0.4, 0.5) is 22.9 Å². The van der Waals surface area contributed by atoms with Crippen LogP contribution < -0.4 is 36.0 Å². The summed E-state index contributed by atoms with van der Waals surface area (Å²) in [5.74, 6) is 0.574. The molecule has 2 heterocycles. The highest BCUT2D eigenvalue weighted by Crippen LogP contribution is 2.32. The number of pyridine rings is 1. The van der Waals surface area contributed by atoms with Crippen molar-refractivity contribution >= 4 is 28.8 Å². The van der Waals surface area contributed by atoms with Crippen LogP contribution in [0.25, 0.3) is 0 Å². The Bertz CT molecular complexity index is 1320. The molecule has 0 unspecified atom stereocenters. The third-order valence-electron chi connectivity index (χ3n) is 6.70. The van der Waals surface area contributed by atoms with Crippen LogP contribution in [-0.2, 0) is 0 Å². The Morgan fingerprint density at radius 2 is 1.69 bits per heavy atom. The fraction of sp³-hybridized carbons (Fsp3) is 0.385. The first kappa shape index (κ1) is 25.0. The zero-order valence-electron chi connectivity index (χ0n) is 20.9. The Morgan fingerprint density at radius 1 is 1.00 bits per heavy atom. The zero-order valence-corrected chi connectivity index (χ0v) is 20.9. The average molecular weight is 495 g/mol. The lowest BCUT2D eigenvalue weighted by Crippen LogP contribution is -2.54. The van der Waals surface area contributed by atoms with Crippen molar-refractivity contribution in [2.24, 2.45) is 5.92 Å². The quantitative estimate of drug-likeness (QED) is 0.245. The molecule has 0 spiro atoms. The van der Waals surface area contributed by atoms with Gasteiger partial charge >= 0.3 is 5.82 Å². The molecule has 10 nitrogen and oxygen atoms in total. The van der Waals surface area contributed by atoms with Gasteiger partial charge in [0, 0.05) is 12.1 Å². The van der Waals surface area contributed by atoms with Gasteiger partial charge in [-0.1, -0.05) is 26.0 Å². The van der Waals surface area contributed by atoms with Crippen molar-refractivity contribution in [3.05, 3.63) is 68.6 Å². The van der Waals surface area contributed by atoms with Crippen LogP contribution >= 0.6 is 0 Å². The SMILES string of the molecule is CO[n+]1ccccc1N1CCN(C(=O)c2cccc(Nc3c(N[C@@H](C)C(C)C)c(=O)c3=O)c2O)CC1. The van der Waals surface area contributed by atoms with Gasteiger partial charge in [0.1, 0.15) is 37.8 Å². The first-order valence-corrected chi connectivity index (χ1v) is 12.0. The highest BCUT2D eigenvalue weighted by atomic mass is 16.6. The summed E-state index contributed by atoms with van der Waals surface area (Å²) in [7, 11) is 1.60. The number of anilines is 4. The summed E-state index contributed by atoms with van der Waals surface area (Å²) in [5.41, 5.74) is -0.642. The molecule has 1 aliphatic rings. The van der Waals surface area contributed by atoms with Gasteiger partial charge in [-0.15, -0.1) is 0 Å². The number of aromatic hydroxyl groups is 1. The van der Waals surface area contributed by atoms with Gasteiger partial charge in [0.2, 0.25) is 0 Å². The second kappa shape index (κ2) is 10.3. The maximum Gasteiger partial charge on any atom is 0.316 e. The zero-order chi connectivity index (χ0) is 26.0. The average Bonchev–Trinajstić information content (AvgIpc) is 2.90. The third kappa shape index (κ3) is 4.71. The highest BCUT2D eigenvalue weighted by molar-refractivity contribution is 5.99. The maximum atomic E-state index is 13.3. The molecule has 190 valence electrons. The number of piperazine rings is 1. The largest absolute Gasteiger partial charge is 0.505 e. The van der Waals surface area contributed by atoms with Gasteiger partial charge in [-0.3, -0.25) is 19.3 Å². The van der Waals surface area contributed by atoms with E-state index < -0.39 is 10.9 Å². The van der Waals surface area contributed by atoms with Crippen LogP contribution in [0.15, 0.2) is 52.2 Å². The number of nitrogens with one attached hydrogen (secondary N) is 2. The second-order valence-corrected chi connectivity index (χ2v) is 9.26. The summed E-state index contributed by atoms with van der Waals surface area (Å²) in [6, 6.07) is 10.5. The number of carbonyl (C=O) groups excluding carboxylic acids is 1. The number of benzene rings is 1. The van der Waals surface area contributed by atoms with E-state index in [1.165, 1.54) is 0 Å². The van der Waals surface area contributed by atoms with Crippen LogP contribution in [0.3, 0.4) is 0 Å². The molecule has 1 aromatic heterocycles. The summed E-state index contributed by atoms with van der Waals surface area (Å²) < 4.78 is 1.67. The van der Waals surface area contributed by atoms with Gasteiger partial charge < -0.3 is 25.5 Å². The van der Waals surface area contributed by atoms with Gasteiger partial charge in [-0.2, -0.15) is 0 Å². The van der Waals surface area contributed by atoms with Gasteiger partial charge in [-0.25, -0.2) is 0 Å². The van der Waals surface area contributed by atoms with Crippen molar-refractivity contribution < 1.29 is 19.5 Å². The Labute approximate surface area is 209 Å². The van der Waals surface area contributed by atoms with Crippen molar-refractivity contribution in [3.63, 3.8) is 0 Å². The highest BCUT2D eigenvalue weighted by Gasteiger charge is 2.30. The van der Waals surface area contributed by atoms with E-state index >= 15 is 0 Å². The molecule has 0 saturated carbocycles. The van der Waals surface area contributed by atoms with Crippen LogP contribution in [0.5, 0.6) is 5.75 Å². The first-order valence-electron chi connectivity index (χ1n) is 12.0. The molecular weight excluding hydrogens is 462 g/mol. The van der Waals surface area contributed by atoms with Gasteiger partial charge in [-0.05, 0) is 35.8 Å². The number of phenolic OH excluding ortho intramolecular Hbond substituents is 1. The molecule has 4 rings (SSSR count). The van der Waals surface area contributed by atoms with Crippen molar-refractivity contribution in [3.8, 4) is 5.75 Å². The summed E-state index contributed by atoms with van der Waals surface area (Å²) >= 11 is 0. The van der Waals surface area contributed by atoms with Crippen molar-refractivity contribution in [2.75, 3.05) is 48.8 Å². The van der Waals surface area contributed by atoms with Gasteiger partial charge in [0.25, 0.3) is 16.8 Å². The molecule has 1 fully saturated rings. The molecule has 1 aliphatic heterocycles. The molecule has 0 aliphatic carbocycles. The number of phenols is 1. The molecular formula is C26H32N5O5+. The smallest absolute Gasteiger partial charge is 0.316 e. The summed E-state index contributed by atoms with van der Waals surface area (Å²) in [6.07, 6.45) is 1.82. The van der Waals surface area contributed by atoms with Crippen molar-refractivity contribution in [1.82, 2.24) is 4.90 Å². The predicted octanol–water partition coefficient (Wildman–Crippen LogP) is 1.50. The topological polar surface area (TPSA) is 115 Å². The van der Waals surface area contributed by atoms with E-state index in [0.717, 1.165) is 5.82 Å². The lowest BCUT2D eigenvalue weighted by atomic mass is 10.0. The Hall–Kier alpha value is -4.08. The molecule has 1 amide bonds. The van der Waals surface area contributed by atoms with E-state index in [-0.39, 0.29) is 46.2 Å². The minimum absolute atomic E-state index is 0.0247. The van der Waals surface area contributed by atoms with Crippen molar-refractivity contribution in [2.45, 2.75) is 26.8 Å². The number of carbonyl (C=O) groups is 1. The summed E-state index contributed by atoms with van der Waals surface area (Å²) in [5, 5.41) is 16.8.